The average Bonchev–Trinajstić information content (AvgIpc) is 2.59. The molecule has 4 heteroatoms. The van der Waals surface area contributed by atoms with Crippen molar-refractivity contribution in [1.82, 2.24) is 0 Å². The SMILES string of the molecule is N#CC(C#N)C(C#N)c1ccc(OCc2ccccc2)cc1. The van der Waals surface area contributed by atoms with Gasteiger partial charge in [0.15, 0.2) is 5.92 Å². The lowest BCUT2D eigenvalue weighted by atomic mass is 9.89. The largest absolute Gasteiger partial charge is 0.489 e. The van der Waals surface area contributed by atoms with Crippen molar-refractivity contribution in [3.8, 4) is 24.0 Å². The molecule has 0 aromatic heterocycles. The summed E-state index contributed by atoms with van der Waals surface area (Å²) in [7, 11) is 0. The molecule has 0 radical (unpaired) electrons. The summed E-state index contributed by atoms with van der Waals surface area (Å²) in [4.78, 5) is 0. The first-order valence-corrected chi connectivity index (χ1v) is 6.74. The fourth-order valence-electron chi connectivity index (χ4n) is 2.03. The molecule has 2 aromatic carbocycles. The van der Waals surface area contributed by atoms with E-state index >= 15 is 0 Å². The van der Waals surface area contributed by atoms with Gasteiger partial charge in [0.25, 0.3) is 0 Å². The Hall–Kier alpha value is -3.29. The van der Waals surface area contributed by atoms with Gasteiger partial charge in [0.2, 0.25) is 0 Å². The highest BCUT2D eigenvalue weighted by atomic mass is 16.5. The molecule has 0 amide bonds. The van der Waals surface area contributed by atoms with Crippen molar-refractivity contribution < 1.29 is 4.74 Å². The molecule has 2 aromatic rings. The van der Waals surface area contributed by atoms with E-state index in [2.05, 4.69) is 0 Å². The second-order valence-electron chi connectivity index (χ2n) is 4.69. The van der Waals surface area contributed by atoms with Gasteiger partial charge in [0.05, 0.1) is 18.2 Å². The molecule has 0 spiro atoms. The van der Waals surface area contributed by atoms with Gasteiger partial charge in [-0.3, -0.25) is 0 Å². The zero-order chi connectivity index (χ0) is 15.8. The molecular weight excluding hydrogens is 274 g/mol. The molecule has 2 rings (SSSR count). The highest BCUT2D eigenvalue weighted by molar-refractivity contribution is 5.35. The third-order valence-electron chi connectivity index (χ3n) is 3.24. The van der Waals surface area contributed by atoms with Crippen molar-refractivity contribution in [1.29, 1.82) is 15.8 Å². The predicted octanol–water partition coefficient (Wildman–Crippen LogP) is 3.54. The molecule has 0 fully saturated rings. The third-order valence-corrected chi connectivity index (χ3v) is 3.24. The van der Waals surface area contributed by atoms with E-state index in [4.69, 9.17) is 20.5 Å². The lowest BCUT2D eigenvalue weighted by Crippen LogP contribution is -2.07. The van der Waals surface area contributed by atoms with Gasteiger partial charge in [0.1, 0.15) is 18.3 Å². The normalized spacial score (nSPS) is 11.0. The molecular formula is C18H13N3O. The van der Waals surface area contributed by atoms with Gasteiger partial charge in [0, 0.05) is 0 Å². The molecule has 0 bridgehead atoms. The number of hydrogen-bond acceptors (Lipinski definition) is 4. The lowest BCUT2D eigenvalue weighted by Gasteiger charge is -2.11. The van der Waals surface area contributed by atoms with E-state index in [1.165, 1.54) is 0 Å². The zero-order valence-corrected chi connectivity index (χ0v) is 11.8. The summed E-state index contributed by atoms with van der Waals surface area (Å²) in [5.41, 5.74) is 1.71. The Morgan fingerprint density at radius 3 is 2.00 bits per heavy atom. The molecule has 0 heterocycles. The minimum absolute atomic E-state index is 0.459. The number of ether oxygens (including phenoxy) is 1. The minimum Gasteiger partial charge on any atom is -0.489 e. The van der Waals surface area contributed by atoms with Crippen LogP contribution in [0, 0.1) is 39.9 Å². The molecule has 0 aliphatic heterocycles. The Kier molecular flexibility index (Phi) is 5.14. The van der Waals surface area contributed by atoms with Crippen molar-refractivity contribution in [2.75, 3.05) is 0 Å². The van der Waals surface area contributed by atoms with Gasteiger partial charge in [-0.1, -0.05) is 42.5 Å². The molecule has 106 valence electrons. The Bertz CT molecular complexity index is 719. The predicted molar refractivity (Wildman–Crippen MR) is 80.3 cm³/mol. The van der Waals surface area contributed by atoms with Crippen LogP contribution < -0.4 is 4.74 Å². The quantitative estimate of drug-likeness (QED) is 0.842. The van der Waals surface area contributed by atoms with Gasteiger partial charge in [-0.15, -0.1) is 0 Å². The molecule has 1 atom stereocenters. The van der Waals surface area contributed by atoms with Crippen LogP contribution in [0.4, 0.5) is 0 Å². The number of benzene rings is 2. The number of nitriles is 3. The summed E-state index contributed by atoms with van der Waals surface area (Å²) in [6, 6.07) is 22.4. The first-order valence-electron chi connectivity index (χ1n) is 6.74. The van der Waals surface area contributed by atoms with E-state index < -0.39 is 11.8 Å². The molecule has 4 nitrogen and oxygen atoms in total. The molecule has 1 unspecified atom stereocenters. The van der Waals surface area contributed by atoms with Crippen LogP contribution in [0.3, 0.4) is 0 Å². The average molecular weight is 287 g/mol. The number of rotatable bonds is 5. The van der Waals surface area contributed by atoms with Gasteiger partial charge < -0.3 is 4.74 Å². The van der Waals surface area contributed by atoms with Crippen LogP contribution >= 0.6 is 0 Å². The van der Waals surface area contributed by atoms with Crippen molar-refractivity contribution >= 4 is 0 Å². The minimum atomic E-state index is -0.971. The standard InChI is InChI=1S/C18H13N3O/c19-10-16(11-20)18(12-21)15-6-8-17(9-7-15)22-13-14-4-2-1-3-5-14/h1-9,16,18H,13H2. The Labute approximate surface area is 129 Å². The van der Waals surface area contributed by atoms with E-state index in [9.17, 15) is 0 Å². The second kappa shape index (κ2) is 7.48. The van der Waals surface area contributed by atoms with Crippen molar-refractivity contribution in [3.63, 3.8) is 0 Å². The zero-order valence-electron chi connectivity index (χ0n) is 11.8. The Morgan fingerprint density at radius 1 is 0.818 bits per heavy atom. The molecule has 0 saturated carbocycles. The summed E-state index contributed by atoms with van der Waals surface area (Å²) in [6.45, 7) is 0.459. The van der Waals surface area contributed by atoms with Crippen LogP contribution in [0.5, 0.6) is 5.75 Å². The third kappa shape index (κ3) is 3.63. The molecule has 0 saturated heterocycles. The van der Waals surface area contributed by atoms with Crippen LogP contribution in [0.25, 0.3) is 0 Å². The maximum absolute atomic E-state index is 9.15. The number of hydrogen-bond donors (Lipinski definition) is 0. The Balaban J connectivity index is 2.06. The van der Waals surface area contributed by atoms with Crippen LogP contribution in [-0.2, 0) is 6.61 Å². The number of nitrogens with zero attached hydrogens (tertiary/aromatic N) is 3. The molecule has 0 aliphatic rings. The summed E-state index contributed by atoms with van der Waals surface area (Å²) in [5, 5.41) is 27.0. The first-order chi connectivity index (χ1) is 10.8. The first kappa shape index (κ1) is 15.1. The molecule has 0 N–H and O–H groups in total. The van der Waals surface area contributed by atoms with Crippen molar-refractivity contribution in [3.05, 3.63) is 65.7 Å². The summed E-state index contributed by atoms with van der Waals surface area (Å²) in [5.74, 6) is -1.05. The highest BCUT2D eigenvalue weighted by Crippen LogP contribution is 2.25. The van der Waals surface area contributed by atoms with E-state index in [1.807, 2.05) is 48.5 Å². The molecule has 0 aliphatic carbocycles. The van der Waals surface area contributed by atoms with E-state index in [1.54, 1.807) is 24.3 Å². The van der Waals surface area contributed by atoms with Gasteiger partial charge in [-0.2, -0.15) is 15.8 Å². The van der Waals surface area contributed by atoms with E-state index in [-0.39, 0.29) is 0 Å². The maximum atomic E-state index is 9.15. The fourth-order valence-corrected chi connectivity index (χ4v) is 2.03. The summed E-state index contributed by atoms with van der Waals surface area (Å²) < 4.78 is 5.66. The lowest BCUT2D eigenvalue weighted by molar-refractivity contribution is 0.306. The van der Waals surface area contributed by atoms with Gasteiger partial charge in [-0.05, 0) is 23.3 Å². The summed E-state index contributed by atoms with van der Waals surface area (Å²) >= 11 is 0. The fraction of sp³-hybridized carbons (Fsp3) is 0.167. The molecule has 22 heavy (non-hydrogen) atoms. The van der Waals surface area contributed by atoms with Crippen LogP contribution in [0.2, 0.25) is 0 Å². The van der Waals surface area contributed by atoms with E-state index in [0.29, 0.717) is 17.9 Å². The monoisotopic (exact) mass is 287 g/mol. The van der Waals surface area contributed by atoms with Gasteiger partial charge in [-0.25, -0.2) is 0 Å². The van der Waals surface area contributed by atoms with E-state index in [0.717, 1.165) is 5.56 Å². The van der Waals surface area contributed by atoms with Crippen LogP contribution in [0.1, 0.15) is 17.0 Å². The topological polar surface area (TPSA) is 80.6 Å². The highest BCUT2D eigenvalue weighted by Gasteiger charge is 2.22. The summed E-state index contributed by atoms with van der Waals surface area (Å²) in [6.07, 6.45) is 0. The second-order valence-corrected chi connectivity index (χ2v) is 4.69. The van der Waals surface area contributed by atoms with Crippen molar-refractivity contribution in [2.45, 2.75) is 12.5 Å². The van der Waals surface area contributed by atoms with Crippen molar-refractivity contribution in [2.24, 2.45) is 5.92 Å². The van der Waals surface area contributed by atoms with Gasteiger partial charge >= 0.3 is 0 Å². The smallest absolute Gasteiger partial charge is 0.153 e. The van der Waals surface area contributed by atoms with Crippen LogP contribution in [-0.4, -0.2) is 0 Å². The maximum Gasteiger partial charge on any atom is 0.153 e. The Morgan fingerprint density at radius 2 is 1.45 bits per heavy atom. The van der Waals surface area contributed by atoms with Crippen LogP contribution in [0.15, 0.2) is 54.6 Å².